The fourth-order valence-corrected chi connectivity index (χ4v) is 10.6. The molecular formula is C32H48IN4OS-. The first-order valence-electron chi connectivity index (χ1n) is 15.4. The van der Waals surface area contributed by atoms with Crippen molar-refractivity contribution in [3.05, 3.63) is 52.0 Å². The molecule has 0 unspecified atom stereocenters. The van der Waals surface area contributed by atoms with E-state index >= 15 is 0 Å². The van der Waals surface area contributed by atoms with Crippen molar-refractivity contribution < 1.29 is 26.3 Å². The van der Waals surface area contributed by atoms with Crippen LogP contribution in [-0.4, -0.2) is 57.3 Å². The summed E-state index contributed by atoms with van der Waals surface area (Å²) in [5.41, 5.74) is 2.67. The van der Waals surface area contributed by atoms with E-state index in [1.165, 1.54) is 43.4 Å². The molecule has 2 saturated heterocycles. The van der Waals surface area contributed by atoms with Gasteiger partial charge in [0.05, 0.1) is 0 Å². The Morgan fingerprint density at radius 2 is 1.97 bits per heavy atom. The van der Waals surface area contributed by atoms with Gasteiger partial charge in [0.2, 0.25) is 0 Å². The van der Waals surface area contributed by atoms with E-state index in [1.807, 2.05) is 0 Å². The molecule has 1 aromatic carbocycles. The maximum absolute atomic E-state index is 14.4. The number of halogens is 1. The van der Waals surface area contributed by atoms with Crippen LogP contribution in [0.15, 0.2) is 35.7 Å². The number of amides is 1. The van der Waals surface area contributed by atoms with Crippen molar-refractivity contribution in [3.8, 4) is 0 Å². The van der Waals surface area contributed by atoms with Crippen molar-refractivity contribution in [2.45, 2.75) is 90.1 Å². The summed E-state index contributed by atoms with van der Waals surface area (Å²) in [6.07, 6.45) is 11.2. The first kappa shape index (κ1) is 29.5. The third-order valence-electron chi connectivity index (χ3n) is 9.36. The van der Waals surface area contributed by atoms with E-state index in [-0.39, 0.29) is 27.4 Å². The molecule has 3 heterocycles. The third kappa shape index (κ3) is 7.83. The van der Waals surface area contributed by atoms with Crippen LogP contribution in [0, 0.1) is 24.7 Å². The Kier molecular flexibility index (Phi) is 11.1. The van der Waals surface area contributed by atoms with Gasteiger partial charge in [-0.1, -0.05) is 0 Å². The van der Waals surface area contributed by atoms with Crippen LogP contribution in [0.3, 0.4) is 0 Å². The number of benzene rings is 1. The molecule has 3 fully saturated rings. The Labute approximate surface area is 251 Å². The van der Waals surface area contributed by atoms with Crippen molar-refractivity contribution in [2.75, 3.05) is 30.6 Å². The minimum atomic E-state index is -0.0763. The molecule has 4 atom stereocenters. The maximum atomic E-state index is 14.4. The average Bonchev–Trinajstić information content (AvgIpc) is 3.40. The summed E-state index contributed by atoms with van der Waals surface area (Å²) in [6, 6.07) is 11.5. The molecule has 0 bridgehead atoms. The summed E-state index contributed by atoms with van der Waals surface area (Å²) in [5.74, 6) is 2.44. The second-order valence-corrected chi connectivity index (χ2v) is 15.5. The van der Waals surface area contributed by atoms with Gasteiger partial charge in [-0.05, 0) is 0 Å². The van der Waals surface area contributed by atoms with Gasteiger partial charge < -0.3 is 0 Å². The molecule has 5 rings (SSSR count). The zero-order valence-electron chi connectivity index (χ0n) is 24.0. The second kappa shape index (κ2) is 14.7. The molecule has 1 aliphatic carbocycles. The number of nitrogens with one attached hydrogen (secondary N) is 1. The molecule has 39 heavy (non-hydrogen) atoms. The van der Waals surface area contributed by atoms with Crippen molar-refractivity contribution in [3.63, 3.8) is 0 Å². The number of aromatic nitrogens is 1. The Balaban J connectivity index is 1.27. The van der Waals surface area contributed by atoms with Gasteiger partial charge in [0.15, 0.2) is 0 Å². The zero-order chi connectivity index (χ0) is 27.0. The zero-order valence-corrected chi connectivity index (χ0v) is 27.0. The predicted octanol–water partition coefficient (Wildman–Crippen LogP) is 3.25. The number of carbonyl (C=O) groups excluding carboxylic acids is 1. The Bertz CT molecular complexity index is 1030. The molecule has 216 valence electrons. The van der Waals surface area contributed by atoms with Gasteiger partial charge >= 0.3 is 252 Å². The summed E-state index contributed by atoms with van der Waals surface area (Å²) in [7, 11) is 0. The van der Waals surface area contributed by atoms with Crippen LogP contribution in [0.1, 0.15) is 86.9 Å². The summed E-state index contributed by atoms with van der Waals surface area (Å²) >= 11 is 1.67. The van der Waals surface area contributed by atoms with E-state index in [1.54, 1.807) is 11.3 Å². The molecule has 2 aliphatic heterocycles. The number of aryl methyl sites for hydroxylation is 1. The summed E-state index contributed by atoms with van der Waals surface area (Å²) in [6.45, 7) is 9.41. The van der Waals surface area contributed by atoms with Gasteiger partial charge in [0.1, 0.15) is 0 Å². The number of rotatable bonds is 10. The first-order chi connectivity index (χ1) is 19.1. The first-order valence-corrected chi connectivity index (χ1v) is 18.9. The van der Waals surface area contributed by atoms with E-state index in [0.29, 0.717) is 29.7 Å². The van der Waals surface area contributed by atoms with E-state index < -0.39 is 0 Å². The summed E-state index contributed by atoms with van der Waals surface area (Å²) in [5, 5.41) is 3.36. The topological polar surface area (TPSA) is 48.5 Å². The molecule has 7 heteroatoms. The molecule has 0 radical (unpaired) electrons. The van der Waals surface area contributed by atoms with Gasteiger partial charge in [-0.3, -0.25) is 0 Å². The van der Waals surface area contributed by atoms with Gasteiger partial charge in [0.25, 0.3) is 0 Å². The van der Waals surface area contributed by atoms with Crippen LogP contribution in [0.5, 0.6) is 0 Å². The number of likely N-dealkylation sites (tertiary alicyclic amines) is 1. The van der Waals surface area contributed by atoms with Crippen LogP contribution < -0.4 is 25.0 Å². The summed E-state index contributed by atoms with van der Waals surface area (Å²) in [4.78, 5) is 24.1. The molecule has 5 nitrogen and oxygen atoms in total. The van der Waals surface area contributed by atoms with Gasteiger partial charge in [-0.15, -0.1) is 0 Å². The standard InChI is InChI=1S/C32H48IN4OS/c1-3-16-36(22-29-23-39-24(2)35-29)17-14-28-21-34-33-20-30(28)32(38)37-18-15-27(25-10-6-4-7-11-25)19-31(37)26-12-8-5-9-13-26/h4,6-7,10-11,23,26-28,30-31,34H,3,5,8-9,12-22H2,1-2H3/q-1/t27-,28-,30+,31+/m1/s1. The SMILES string of the molecule is CCCN(CC[C@@H]1CN[I-]C[C@@H]1C(=O)N1CC[C@@H](c2ccccc2)C[C@H]1C1CCCCC1)Cc1csc(C)n1. The summed E-state index contributed by atoms with van der Waals surface area (Å²) < 4.78 is 4.84. The van der Waals surface area contributed by atoms with Gasteiger partial charge in [-0.2, -0.15) is 0 Å². The number of hydrogen-bond acceptors (Lipinski definition) is 5. The number of carbonyl (C=O) groups is 1. The second-order valence-electron chi connectivity index (χ2n) is 12.0. The molecule has 1 saturated carbocycles. The minimum absolute atomic E-state index is 0.0763. The normalized spacial score (nSPS) is 26.9. The Morgan fingerprint density at radius 1 is 1.15 bits per heavy atom. The van der Waals surface area contributed by atoms with E-state index in [9.17, 15) is 4.79 Å². The fourth-order valence-electron chi connectivity index (χ4n) is 7.25. The number of alkyl halides is 1. The van der Waals surface area contributed by atoms with E-state index in [4.69, 9.17) is 4.98 Å². The van der Waals surface area contributed by atoms with E-state index in [0.717, 1.165) is 67.8 Å². The van der Waals surface area contributed by atoms with Crippen molar-refractivity contribution in [1.29, 1.82) is 0 Å². The molecule has 3 aliphatic rings. The average molecular weight is 664 g/mol. The number of hydrogen-bond donors (Lipinski definition) is 1. The monoisotopic (exact) mass is 663 g/mol. The quantitative estimate of drug-likeness (QED) is 0.241. The number of thiazole rings is 1. The number of nitrogens with zero attached hydrogens (tertiary/aromatic N) is 3. The molecule has 2 aromatic rings. The predicted molar refractivity (Wildman–Crippen MR) is 157 cm³/mol. The van der Waals surface area contributed by atoms with Crippen molar-refractivity contribution >= 4 is 17.2 Å². The molecule has 1 aromatic heterocycles. The van der Waals surface area contributed by atoms with Crippen LogP contribution in [0.4, 0.5) is 0 Å². The van der Waals surface area contributed by atoms with Crippen LogP contribution in [-0.2, 0) is 11.3 Å². The van der Waals surface area contributed by atoms with Crippen LogP contribution in [0.2, 0.25) is 0 Å². The molecule has 1 N–H and O–H groups in total. The van der Waals surface area contributed by atoms with Crippen LogP contribution in [0.25, 0.3) is 0 Å². The van der Waals surface area contributed by atoms with E-state index in [2.05, 4.69) is 62.9 Å². The third-order valence-corrected chi connectivity index (χ3v) is 12.6. The molecule has 0 spiro atoms. The molecule has 1 amide bonds. The van der Waals surface area contributed by atoms with Crippen LogP contribution >= 0.6 is 11.3 Å². The van der Waals surface area contributed by atoms with Crippen molar-refractivity contribution in [1.82, 2.24) is 18.3 Å². The van der Waals surface area contributed by atoms with Gasteiger partial charge in [-0.25, -0.2) is 0 Å². The van der Waals surface area contributed by atoms with Crippen molar-refractivity contribution in [2.24, 2.45) is 17.8 Å². The molecular weight excluding hydrogens is 615 g/mol. The Hall–Kier alpha value is -1.03. The fraction of sp³-hybridized carbons (Fsp3) is 0.688. The van der Waals surface area contributed by atoms with Gasteiger partial charge in [0, 0.05) is 0 Å². The number of piperidine rings is 1. The Morgan fingerprint density at radius 3 is 2.72 bits per heavy atom.